The highest BCUT2D eigenvalue weighted by Crippen LogP contribution is 2.09. The van der Waals surface area contributed by atoms with Gasteiger partial charge in [0.1, 0.15) is 5.82 Å². The summed E-state index contributed by atoms with van der Waals surface area (Å²) in [5, 5.41) is 2.80. The van der Waals surface area contributed by atoms with Crippen LogP contribution in [0.15, 0.2) is 36.7 Å². The van der Waals surface area contributed by atoms with Gasteiger partial charge in [0.2, 0.25) is 5.91 Å². The second-order valence-electron chi connectivity index (χ2n) is 4.11. The van der Waals surface area contributed by atoms with E-state index in [4.69, 9.17) is 5.73 Å². The van der Waals surface area contributed by atoms with Crippen molar-refractivity contribution in [3.63, 3.8) is 0 Å². The zero-order chi connectivity index (χ0) is 13.8. The molecule has 1 aromatic carbocycles. The Morgan fingerprint density at radius 1 is 1.26 bits per heavy atom. The summed E-state index contributed by atoms with van der Waals surface area (Å²) in [7, 11) is 0. The highest BCUT2D eigenvalue weighted by atomic mass is 16.2. The molecule has 0 aliphatic rings. The fraction of sp³-hybridized carbons (Fsp3) is 0.154. The van der Waals surface area contributed by atoms with E-state index in [1.54, 1.807) is 24.5 Å². The van der Waals surface area contributed by atoms with Crippen molar-refractivity contribution in [2.45, 2.75) is 13.0 Å². The predicted octanol–water partition coefficient (Wildman–Crippen LogP) is 1.000. The van der Waals surface area contributed by atoms with Gasteiger partial charge in [-0.2, -0.15) is 0 Å². The smallest absolute Gasteiger partial charge is 0.251 e. The van der Waals surface area contributed by atoms with Crippen molar-refractivity contribution in [3.05, 3.63) is 53.6 Å². The van der Waals surface area contributed by atoms with Crippen LogP contribution in [0.5, 0.6) is 0 Å². The Morgan fingerprint density at radius 3 is 2.42 bits per heavy atom. The molecule has 0 bridgehead atoms. The first-order valence-corrected chi connectivity index (χ1v) is 5.78. The van der Waals surface area contributed by atoms with Gasteiger partial charge in [0.05, 0.1) is 6.04 Å². The molecular formula is C13H14N4O2. The number of nitrogens with two attached hydrogens (primary N) is 1. The first kappa shape index (κ1) is 12.8. The lowest BCUT2D eigenvalue weighted by Gasteiger charge is -2.11. The normalized spacial score (nSPS) is 11.8. The van der Waals surface area contributed by atoms with Crippen molar-refractivity contribution in [2.75, 3.05) is 0 Å². The maximum absolute atomic E-state index is 12.0. The van der Waals surface area contributed by atoms with Gasteiger partial charge in [-0.3, -0.25) is 9.59 Å². The first-order chi connectivity index (χ1) is 9.08. The summed E-state index contributed by atoms with van der Waals surface area (Å²) in [4.78, 5) is 29.9. The minimum absolute atomic E-state index is 0.224. The number of rotatable bonds is 4. The van der Waals surface area contributed by atoms with E-state index in [0.717, 1.165) is 0 Å². The molecule has 1 aromatic heterocycles. The van der Waals surface area contributed by atoms with Gasteiger partial charge in [-0.15, -0.1) is 0 Å². The van der Waals surface area contributed by atoms with Gasteiger partial charge in [-0.1, -0.05) is 0 Å². The fourth-order valence-electron chi connectivity index (χ4n) is 1.65. The molecule has 0 aliphatic carbocycles. The number of hydrogen-bond acceptors (Lipinski definition) is 3. The molecule has 2 amide bonds. The van der Waals surface area contributed by atoms with Crippen LogP contribution in [-0.2, 0) is 0 Å². The van der Waals surface area contributed by atoms with Gasteiger partial charge in [0, 0.05) is 23.5 Å². The SMILES string of the molecule is CC(NC(=O)c1ccc(C(N)=O)cc1)c1ncc[nH]1. The molecule has 0 fully saturated rings. The highest BCUT2D eigenvalue weighted by Gasteiger charge is 2.13. The zero-order valence-electron chi connectivity index (χ0n) is 10.4. The third kappa shape index (κ3) is 2.98. The van der Waals surface area contributed by atoms with E-state index in [9.17, 15) is 9.59 Å². The summed E-state index contributed by atoms with van der Waals surface area (Å²) in [5.74, 6) is -0.0714. The first-order valence-electron chi connectivity index (χ1n) is 5.78. The minimum Gasteiger partial charge on any atom is -0.366 e. The molecule has 0 saturated carbocycles. The van der Waals surface area contributed by atoms with E-state index in [1.807, 2.05) is 6.92 Å². The predicted molar refractivity (Wildman–Crippen MR) is 69.4 cm³/mol. The van der Waals surface area contributed by atoms with Gasteiger partial charge in [-0.05, 0) is 31.2 Å². The zero-order valence-corrected chi connectivity index (χ0v) is 10.4. The number of nitrogens with zero attached hydrogens (tertiary/aromatic N) is 1. The molecule has 1 atom stereocenters. The van der Waals surface area contributed by atoms with E-state index in [2.05, 4.69) is 15.3 Å². The largest absolute Gasteiger partial charge is 0.366 e. The lowest BCUT2D eigenvalue weighted by molar-refractivity contribution is 0.0936. The molecule has 4 N–H and O–H groups in total. The number of hydrogen-bond donors (Lipinski definition) is 3. The maximum atomic E-state index is 12.0. The van der Waals surface area contributed by atoms with Crippen molar-refractivity contribution in [1.82, 2.24) is 15.3 Å². The van der Waals surface area contributed by atoms with Crippen molar-refractivity contribution in [2.24, 2.45) is 5.73 Å². The topological polar surface area (TPSA) is 101 Å². The Balaban J connectivity index is 2.05. The summed E-state index contributed by atoms with van der Waals surface area (Å²) in [5.41, 5.74) is 5.97. The van der Waals surface area contributed by atoms with Gasteiger partial charge < -0.3 is 16.0 Å². The van der Waals surface area contributed by atoms with E-state index in [1.165, 1.54) is 12.1 Å². The second-order valence-corrected chi connectivity index (χ2v) is 4.11. The molecule has 0 saturated heterocycles. The molecule has 0 spiro atoms. The summed E-state index contributed by atoms with van der Waals surface area (Å²) in [6.07, 6.45) is 3.32. The molecule has 0 aliphatic heterocycles. The third-order valence-corrected chi connectivity index (χ3v) is 2.71. The van der Waals surface area contributed by atoms with Crippen LogP contribution in [0.25, 0.3) is 0 Å². The summed E-state index contributed by atoms with van der Waals surface area (Å²) in [6, 6.07) is 5.94. The highest BCUT2D eigenvalue weighted by molar-refractivity contribution is 5.97. The van der Waals surface area contributed by atoms with Gasteiger partial charge in [0.15, 0.2) is 0 Å². The lowest BCUT2D eigenvalue weighted by atomic mass is 10.1. The number of primary amides is 1. The Morgan fingerprint density at radius 2 is 1.89 bits per heavy atom. The van der Waals surface area contributed by atoms with Crippen molar-refractivity contribution < 1.29 is 9.59 Å². The Hall–Kier alpha value is -2.63. The van der Waals surface area contributed by atoms with Crippen molar-refractivity contribution in [3.8, 4) is 0 Å². The Bertz CT molecular complexity index is 575. The lowest BCUT2D eigenvalue weighted by Crippen LogP contribution is -2.27. The molecule has 1 unspecified atom stereocenters. The maximum Gasteiger partial charge on any atom is 0.251 e. The van der Waals surface area contributed by atoms with Gasteiger partial charge in [-0.25, -0.2) is 4.98 Å². The van der Waals surface area contributed by atoms with Crippen LogP contribution in [0.4, 0.5) is 0 Å². The number of carbonyl (C=O) groups is 2. The van der Waals surface area contributed by atoms with E-state index in [0.29, 0.717) is 17.0 Å². The Kier molecular flexibility index (Phi) is 3.61. The second kappa shape index (κ2) is 5.34. The average Bonchev–Trinajstić information content (AvgIpc) is 2.92. The van der Waals surface area contributed by atoms with E-state index >= 15 is 0 Å². The summed E-state index contributed by atoms with van der Waals surface area (Å²) in [6.45, 7) is 1.83. The number of aromatic nitrogens is 2. The van der Waals surface area contributed by atoms with Crippen LogP contribution in [0.3, 0.4) is 0 Å². The van der Waals surface area contributed by atoms with Gasteiger partial charge in [0.25, 0.3) is 5.91 Å². The molecule has 2 rings (SSSR count). The standard InChI is InChI=1S/C13H14N4O2/c1-8(12-15-6-7-16-12)17-13(19)10-4-2-9(3-5-10)11(14)18/h2-8H,1H3,(H2,14,18)(H,15,16)(H,17,19). The number of nitrogens with one attached hydrogen (secondary N) is 2. The van der Waals surface area contributed by atoms with E-state index < -0.39 is 5.91 Å². The molecule has 6 nitrogen and oxygen atoms in total. The number of amides is 2. The third-order valence-electron chi connectivity index (χ3n) is 2.71. The van der Waals surface area contributed by atoms with Crippen LogP contribution in [-0.4, -0.2) is 21.8 Å². The quantitative estimate of drug-likeness (QED) is 0.762. The van der Waals surface area contributed by atoms with Crippen LogP contribution in [0, 0.1) is 0 Å². The number of aromatic amines is 1. The Labute approximate surface area is 110 Å². The van der Waals surface area contributed by atoms with Crippen LogP contribution in [0.1, 0.15) is 39.5 Å². The van der Waals surface area contributed by atoms with Crippen molar-refractivity contribution in [1.29, 1.82) is 0 Å². The molecular weight excluding hydrogens is 244 g/mol. The fourth-order valence-corrected chi connectivity index (χ4v) is 1.65. The van der Waals surface area contributed by atoms with Crippen molar-refractivity contribution >= 4 is 11.8 Å². The molecule has 6 heteroatoms. The molecule has 19 heavy (non-hydrogen) atoms. The molecule has 0 radical (unpaired) electrons. The summed E-state index contributed by atoms with van der Waals surface area (Å²) >= 11 is 0. The minimum atomic E-state index is -0.518. The number of carbonyl (C=O) groups excluding carboxylic acids is 2. The van der Waals surface area contributed by atoms with Crippen LogP contribution >= 0.6 is 0 Å². The summed E-state index contributed by atoms with van der Waals surface area (Å²) < 4.78 is 0. The number of imidazole rings is 1. The number of H-pyrrole nitrogens is 1. The van der Waals surface area contributed by atoms with Crippen LogP contribution < -0.4 is 11.1 Å². The molecule has 1 heterocycles. The molecule has 98 valence electrons. The molecule has 2 aromatic rings. The van der Waals surface area contributed by atoms with E-state index in [-0.39, 0.29) is 11.9 Å². The van der Waals surface area contributed by atoms with Gasteiger partial charge >= 0.3 is 0 Å². The average molecular weight is 258 g/mol. The monoisotopic (exact) mass is 258 g/mol. The van der Waals surface area contributed by atoms with Crippen LogP contribution in [0.2, 0.25) is 0 Å². The number of benzene rings is 1.